The molecule has 3 aromatic carbocycles. The molecule has 0 spiro atoms. The van der Waals surface area contributed by atoms with Crippen LogP contribution >= 0.6 is 22.7 Å². The standard InChI is InChI=1S/C55H31N9O5S2/c65-49-33(29-31-9-1-2-10-34(31)49)18-23-42-61(44-13-5-25-68-44)52-53(62(42)45-14-6-26-69-45)60-41-30-32(17-21-40(41)59-52)37-22-19-35-48(56-37)51(67)36(50(35)66)20-24-43-63(46-15-7-27-70-46)54-55(64(43)47-16-8-28-71-47)58-39-12-4-3-11-38(39)57-54/h1-28,30H,29H2/b33-18+,36-20-,42-23-. The number of nitrogens with zero attached hydrogens (tertiary/aromatic N) is 9. The Bertz CT molecular complexity index is 3930. The van der Waals surface area contributed by atoms with Crippen LogP contribution in [0.25, 0.3) is 33.3 Å². The van der Waals surface area contributed by atoms with E-state index in [9.17, 15) is 14.4 Å². The molecule has 71 heavy (non-hydrogen) atoms. The molecule has 0 fully saturated rings. The Morgan fingerprint density at radius 1 is 0.479 bits per heavy atom. The maximum absolute atomic E-state index is 14.3. The predicted molar refractivity (Wildman–Crippen MR) is 272 cm³/mol. The van der Waals surface area contributed by atoms with Crippen LogP contribution in [0.3, 0.4) is 0 Å². The number of furan rings is 2. The van der Waals surface area contributed by atoms with E-state index in [0.29, 0.717) is 86.5 Å². The number of hydrogen-bond donors (Lipinski definition) is 0. The SMILES string of the molecule is O=C1/C(=C/C=C2/N(c3ccco3)c3nc4ccc(-c5ccc6c(n5)C(=O)/C(=C\C=C5N(c7cccs7)c7nc8ccccc8nc7N5c5cccs5)C6=O)cc4nc3N2c2ccco2)Cc2ccccc21. The topological polar surface area (TPSA) is 155 Å². The van der Waals surface area contributed by atoms with Crippen LogP contribution in [0.4, 0.5) is 45.0 Å². The molecule has 338 valence electrons. The number of Topliss-reactive ketones (excluding diaryl/α,β-unsaturated/α-hetero) is 3. The summed E-state index contributed by atoms with van der Waals surface area (Å²) in [5, 5.41) is 5.77. The summed E-state index contributed by atoms with van der Waals surface area (Å²) in [5.41, 5.74) is 6.36. The van der Waals surface area contributed by atoms with Crippen LogP contribution in [-0.2, 0) is 6.42 Å². The molecule has 0 unspecified atom stereocenters. The average Bonchev–Trinajstić information content (AvgIpc) is 4.27. The van der Waals surface area contributed by atoms with Gasteiger partial charge in [0.1, 0.15) is 27.3 Å². The zero-order chi connectivity index (χ0) is 47.3. The van der Waals surface area contributed by atoms with Crippen LogP contribution in [0.5, 0.6) is 0 Å². The average molecular weight is 962 g/mol. The molecule has 0 atom stereocenters. The van der Waals surface area contributed by atoms with Gasteiger partial charge >= 0.3 is 0 Å². The van der Waals surface area contributed by atoms with Gasteiger partial charge in [0, 0.05) is 35.3 Å². The number of fused-ring (bicyclic) bond motifs is 6. The van der Waals surface area contributed by atoms with Crippen molar-refractivity contribution in [2.75, 3.05) is 19.6 Å². The van der Waals surface area contributed by atoms with E-state index in [1.807, 2.05) is 146 Å². The molecule has 9 heterocycles. The summed E-state index contributed by atoms with van der Waals surface area (Å²) in [6.07, 6.45) is 10.7. The maximum Gasteiger partial charge on any atom is 0.216 e. The van der Waals surface area contributed by atoms with Gasteiger partial charge in [0.25, 0.3) is 0 Å². The highest BCUT2D eigenvalue weighted by molar-refractivity contribution is 7.14. The van der Waals surface area contributed by atoms with Gasteiger partial charge in [0.2, 0.25) is 17.6 Å². The quantitative estimate of drug-likeness (QED) is 0.110. The molecule has 0 saturated heterocycles. The van der Waals surface area contributed by atoms with Crippen molar-refractivity contribution in [2.45, 2.75) is 6.42 Å². The Balaban J connectivity index is 0.831. The van der Waals surface area contributed by atoms with Crippen LogP contribution in [0.1, 0.15) is 36.8 Å². The highest BCUT2D eigenvalue weighted by Gasteiger charge is 2.41. The molecule has 0 N–H and O–H groups in total. The van der Waals surface area contributed by atoms with Gasteiger partial charge in [-0.05, 0) is 107 Å². The second-order valence-electron chi connectivity index (χ2n) is 16.8. The van der Waals surface area contributed by atoms with Crippen LogP contribution in [0.15, 0.2) is 207 Å². The number of hydrogen-bond acceptors (Lipinski definition) is 16. The van der Waals surface area contributed by atoms with Crippen molar-refractivity contribution >= 4 is 107 Å². The van der Waals surface area contributed by atoms with Crippen LogP contribution in [0, 0.1) is 0 Å². The summed E-state index contributed by atoms with van der Waals surface area (Å²) in [6.45, 7) is 0. The third-order valence-corrected chi connectivity index (χ3v) is 14.4. The highest BCUT2D eigenvalue weighted by Crippen LogP contribution is 2.51. The van der Waals surface area contributed by atoms with E-state index >= 15 is 0 Å². The van der Waals surface area contributed by atoms with Crippen molar-refractivity contribution in [1.82, 2.24) is 24.9 Å². The lowest BCUT2D eigenvalue weighted by molar-refractivity contribution is 0.0985. The molecule has 2 aliphatic carbocycles. The lowest BCUT2D eigenvalue weighted by Crippen LogP contribution is -2.21. The third kappa shape index (κ3) is 6.39. The number of anilines is 8. The van der Waals surface area contributed by atoms with Gasteiger partial charge in [-0.15, -0.1) is 22.7 Å². The predicted octanol–water partition coefficient (Wildman–Crippen LogP) is 12.6. The Morgan fingerprint density at radius 3 is 1.69 bits per heavy atom. The molecule has 0 bridgehead atoms. The van der Waals surface area contributed by atoms with E-state index in [4.69, 9.17) is 33.8 Å². The van der Waals surface area contributed by atoms with E-state index in [0.717, 1.165) is 26.6 Å². The fraction of sp³-hybridized carbons (Fsp3) is 0.0182. The van der Waals surface area contributed by atoms with Crippen molar-refractivity contribution in [3.8, 4) is 11.3 Å². The number of rotatable bonds is 7. The maximum atomic E-state index is 14.3. The smallest absolute Gasteiger partial charge is 0.216 e. The Hall–Kier alpha value is -9.38. The van der Waals surface area contributed by atoms with Crippen molar-refractivity contribution in [1.29, 1.82) is 0 Å². The molecule has 0 amide bonds. The van der Waals surface area contributed by atoms with Gasteiger partial charge in [-0.2, -0.15) is 0 Å². The van der Waals surface area contributed by atoms with Gasteiger partial charge in [0.15, 0.2) is 34.8 Å². The molecule has 14 rings (SSSR count). The fourth-order valence-electron chi connectivity index (χ4n) is 9.49. The molecule has 10 aromatic rings. The molecular formula is C55H31N9O5S2. The fourth-order valence-corrected chi connectivity index (χ4v) is 11.0. The van der Waals surface area contributed by atoms with Gasteiger partial charge in [-0.25, -0.2) is 34.7 Å². The zero-order valence-electron chi connectivity index (χ0n) is 36.8. The van der Waals surface area contributed by atoms with Gasteiger partial charge in [-0.1, -0.05) is 48.5 Å². The number of aromatic nitrogens is 5. The molecule has 0 radical (unpaired) electrons. The van der Waals surface area contributed by atoms with Gasteiger partial charge < -0.3 is 8.83 Å². The minimum Gasteiger partial charge on any atom is -0.448 e. The number of thiophene rings is 2. The second kappa shape index (κ2) is 15.8. The largest absolute Gasteiger partial charge is 0.448 e. The van der Waals surface area contributed by atoms with Crippen molar-refractivity contribution in [3.05, 3.63) is 220 Å². The Kier molecular flexibility index (Phi) is 9.07. The first-order valence-corrected chi connectivity index (χ1v) is 24.2. The number of benzene rings is 3. The summed E-state index contributed by atoms with van der Waals surface area (Å²) in [7, 11) is 0. The van der Waals surface area contributed by atoms with Crippen LogP contribution in [-0.4, -0.2) is 42.3 Å². The first-order chi connectivity index (χ1) is 34.9. The lowest BCUT2D eigenvalue weighted by atomic mass is 10.1. The van der Waals surface area contributed by atoms with Gasteiger partial charge in [-0.3, -0.25) is 24.2 Å². The summed E-state index contributed by atoms with van der Waals surface area (Å²) >= 11 is 3.09. The minimum atomic E-state index is -0.477. The number of allylic oxidation sites excluding steroid dienone is 6. The Labute approximate surface area is 410 Å². The Morgan fingerprint density at radius 2 is 1.07 bits per heavy atom. The molecule has 4 aliphatic rings. The first kappa shape index (κ1) is 40.7. The third-order valence-electron chi connectivity index (χ3n) is 12.7. The van der Waals surface area contributed by atoms with Gasteiger partial charge in [0.05, 0.1) is 51.4 Å². The first-order valence-electron chi connectivity index (χ1n) is 22.4. The van der Waals surface area contributed by atoms with Crippen molar-refractivity contribution in [3.63, 3.8) is 0 Å². The molecule has 16 heteroatoms. The van der Waals surface area contributed by atoms with Crippen LogP contribution in [0.2, 0.25) is 0 Å². The normalized spacial score (nSPS) is 16.7. The number of carbonyl (C=O) groups excluding carboxylic acids is 3. The molecule has 14 nitrogen and oxygen atoms in total. The number of para-hydroxylation sites is 2. The van der Waals surface area contributed by atoms with E-state index in [1.165, 1.54) is 0 Å². The summed E-state index contributed by atoms with van der Waals surface area (Å²) in [4.78, 5) is 74.9. The number of ketones is 3. The minimum absolute atomic E-state index is 0.00291. The zero-order valence-corrected chi connectivity index (χ0v) is 38.5. The summed E-state index contributed by atoms with van der Waals surface area (Å²) < 4.78 is 12.0. The monoisotopic (exact) mass is 961 g/mol. The summed E-state index contributed by atoms with van der Waals surface area (Å²) in [5.74, 6) is 3.49. The molecule has 7 aromatic heterocycles. The van der Waals surface area contributed by atoms with Crippen LogP contribution < -0.4 is 19.6 Å². The van der Waals surface area contributed by atoms with E-state index in [1.54, 1.807) is 71.6 Å². The number of pyridine rings is 1. The molecular weight excluding hydrogens is 931 g/mol. The van der Waals surface area contributed by atoms with E-state index in [2.05, 4.69) is 0 Å². The molecule has 2 aliphatic heterocycles. The number of carbonyl (C=O) groups is 3. The molecule has 0 saturated carbocycles. The van der Waals surface area contributed by atoms with E-state index in [-0.39, 0.29) is 22.6 Å². The summed E-state index contributed by atoms with van der Waals surface area (Å²) in [6, 6.07) is 39.5. The van der Waals surface area contributed by atoms with E-state index < -0.39 is 11.6 Å². The second-order valence-corrected chi connectivity index (χ2v) is 18.7. The van der Waals surface area contributed by atoms with Crippen molar-refractivity contribution < 1.29 is 23.2 Å². The lowest BCUT2D eigenvalue weighted by Gasteiger charge is -2.22. The van der Waals surface area contributed by atoms with Crippen molar-refractivity contribution in [2.24, 2.45) is 0 Å². The highest BCUT2D eigenvalue weighted by atomic mass is 32.1.